The molecule has 0 aromatic heterocycles. The van der Waals surface area contributed by atoms with Gasteiger partial charge >= 0.3 is 5.97 Å². The Morgan fingerprint density at radius 1 is 0.935 bits per heavy atom. The summed E-state index contributed by atoms with van der Waals surface area (Å²) in [7, 11) is 4.53. The van der Waals surface area contributed by atoms with Crippen LogP contribution in [0.3, 0.4) is 0 Å². The summed E-state index contributed by atoms with van der Waals surface area (Å²) in [4.78, 5) is 39.8. The summed E-state index contributed by atoms with van der Waals surface area (Å²) >= 11 is 0. The van der Waals surface area contributed by atoms with Crippen molar-refractivity contribution in [1.82, 2.24) is 15.5 Å². The molecular formula is C34H39N3O9. The molecule has 3 aromatic carbocycles. The van der Waals surface area contributed by atoms with Crippen LogP contribution in [0.15, 0.2) is 54.6 Å². The van der Waals surface area contributed by atoms with Crippen molar-refractivity contribution in [1.29, 1.82) is 0 Å². The average molecular weight is 634 g/mol. The molecular weight excluding hydrogens is 594 g/mol. The minimum atomic E-state index is -1.07. The molecule has 3 aromatic rings. The Morgan fingerprint density at radius 3 is 2.48 bits per heavy atom. The fraction of sp³-hybridized carbons (Fsp3) is 0.382. The standard InChI is InChI=1S/C34H39N3O9/c1-42-27-9-5-22(14-25(27)34(40)41)18-37-13-12-28-26(19-37)36-33(39)20-45-31-15-21(4-10-29(31)43-2)6-11-32(38)35-17-23-7-8-24(46-28)16-30(23)44-3/h4-5,7-10,14-16,26,28H,6,11-13,17-20H2,1-3H3,(H,35,38)(H,36,39)(H,40,41)/t26-,28+/m1/s1. The van der Waals surface area contributed by atoms with Gasteiger partial charge in [0.2, 0.25) is 5.91 Å². The molecule has 1 saturated heterocycles. The van der Waals surface area contributed by atoms with Gasteiger partial charge < -0.3 is 39.4 Å². The molecule has 0 saturated carbocycles. The minimum absolute atomic E-state index is 0.0899. The lowest BCUT2D eigenvalue weighted by Crippen LogP contribution is -2.57. The molecule has 244 valence electrons. The van der Waals surface area contributed by atoms with Crippen molar-refractivity contribution in [2.75, 3.05) is 41.0 Å². The second kappa shape index (κ2) is 14.9. The summed E-state index contributed by atoms with van der Waals surface area (Å²) in [5, 5.41) is 15.7. The highest BCUT2D eigenvalue weighted by Crippen LogP contribution is 2.30. The molecule has 2 amide bonds. The Hall–Kier alpha value is -4.97. The fourth-order valence-electron chi connectivity index (χ4n) is 5.74. The van der Waals surface area contributed by atoms with Gasteiger partial charge in [0.25, 0.3) is 5.91 Å². The van der Waals surface area contributed by atoms with E-state index in [1.54, 1.807) is 37.4 Å². The zero-order chi connectivity index (χ0) is 32.6. The van der Waals surface area contributed by atoms with Gasteiger partial charge in [-0.15, -0.1) is 0 Å². The number of nitrogens with zero attached hydrogens (tertiary/aromatic N) is 1. The van der Waals surface area contributed by atoms with E-state index in [9.17, 15) is 19.5 Å². The normalized spacial score (nSPS) is 19.1. The van der Waals surface area contributed by atoms with E-state index >= 15 is 0 Å². The van der Waals surface area contributed by atoms with Crippen LogP contribution in [-0.2, 0) is 29.1 Å². The van der Waals surface area contributed by atoms with Gasteiger partial charge in [-0.3, -0.25) is 14.5 Å². The maximum Gasteiger partial charge on any atom is 0.339 e. The molecule has 1 fully saturated rings. The molecule has 3 aliphatic rings. The van der Waals surface area contributed by atoms with Crippen molar-refractivity contribution in [2.24, 2.45) is 0 Å². The number of amides is 2. The van der Waals surface area contributed by atoms with Crippen LogP contribution in [0.2, 0.25) is 0 Å². The highest BCUT2D eigenvalue weighted by Gasteiger charge is 2.33. The number of likely N-dealkylation sites (tertiary alicyclic amines) is 1. The number of piperidine rings is 1. The smallest absolute Gasteiger partial charge is 0.339 e. The third-order valence-corrected chi connectivity index (χ3v) is 8.13. The van der Waals surface area contributed by atoms with Gasteiger partial charge in [0.1, 0.15) is 28.9 Å². The summed E-state index contributed by atoms with van der Waals surface area (Å²) in [5.74, 6) is 0.812. The highest BCUT2D eigenvalue weighted by atomic mass is 16.5. The molecule has 4 bridgehead atoms. The highest BCUT2D eigenvalue weighted by molar-refractivity contribution is 5.91. The lowest BCUT2D eigenvalue weighted by Gasteiger charge is -2.39. The second-order valence-electron chi connectivity index (χ2n) is 11.2. The van der Waals surface area contributed by atoms with Gasteiger partial charge in [-0.25, -0.2) is 4.79 Å². The maximum absolute atomic E-state index is 13.3. The first-order valence-electron chi connectivity index (χ1n) is 15.1. The Bertz CT molecular complexity index is 1580. The number of carboxylic acids is 1. The number of carbonyl (C=O) groups excluding carboxylic acids is 2. The lowest BCUT2D eigenvalue weighted by molar-refractivity contribution is -0.125. The number of hydrogen-bond acceptors (Lipinski definition) is 9. The van der Waals surface area contributed by atoms with Crippen molar-refractivity contribution < 1.29 is 43.2 Å². The summed E-state index contributed by atoms with van der Waals surface area (Å²) < 4.78 is 28.6. The summed E-state index contributed by atoms with van der Waals surface area (Å²) in [6, 6.07) is 15.6. The summed E-state index contributed by atoms with van der Waals surface area (Å²) in [5.41, 5.74) is 2.57. The van der Waals surface area contributed by atoms with Crippen molar-refractivity contribution >= 4 is 17.8 Å². The number of aromatic carboxylic acids is 1. The van der Waals surface area contributed by atoms with Gasteiger partial charge in [-0.1, -0.05) is 12.1 Å². The zero-order valence-electron chi connectivity index (χ0n) is 26.2. The van der Waals surface area contributed by atoms with E-state index in [0.717, 1.165) is 16.7 Å². The quantitative estimate of drug-likeness (QED) is 0.370. The molecule has 12 nitrogen and oxygen atoms in total. The number of nitrogens with one attached hydrogen (secondary N) is 2. The Balaban J connectivity index is 1.40. The Kier molecular flexibility index (Phi) is 10.5. The molecule has 0 unspecified atom stereocenters. The number of carbonyl (C=O) groups is 3. The van der Waals surface area contributed by atoms with E-state index in [1.807, 2.05) is 24.3 Å². The van der Waals surface area contributed by atoms with Crippen LogP contribution in [0, 0.1) is 0 Å². The SMILES string of the molecule is COc1cc2ccc1CNC(=O)CCc1ccc(OC)c(c1)OCC(=O)N[C@@H]1CN(Cc3ccc(OC)c(C(=O)O)c3)CC[C@@H]1O2. The number of hydrogen-bond donors (Lipinski definition) is 3. The molecule has 3 heterocycles. The largest absolute Gasteiger partial charge is 0.496 e. The molecule has 3 aliphatic heterocycles. The second-order valence-corrected chi connectivity index (χ2v) is 11.2. The number of methoxy groups -OCH3 is 3. The lowest BCUT2D eigenvalue weighted by atomic mass is 10.00. The number of ether oxygens (including phenoxy) is 5. The Morgan fingerprint density at radius 2 is 1.72 bits per heavy atom. The number of benzene rings is 3. The molecule has 3 N–H and O–H groups in total. The van der Waals surface area contributed by atoms with Crippen LogP contribution in [-0.4, -0.2) is 81.0 Å². The summed E-state index contributed by atoms with van der Waals surface area (Å²) in [6.07, 6.45) is 0.957. The molecule has 0 radical (unpaired) electrons. The molecule has 12 heteroatoms. The first-order chi connectivity index (χ1) is 22.3. The molecule has 0 spiro atoms. The van der Waals surface area contributed by atoms with Crippen LogP contribution in [0.5, 0.6) is 28.7 Å². The monoisotopic (exact) mass is 633 g/mol. The first-order valence-corrected chi connectivity index (χ1v) is 15.1. The van der Waals surface area contributed by atoms with Crippen molar-refractivity contribution in [3.05, 3.63) is 76.9 Å². The van der Waals surface area contributed by atoms with Crippen molar-refractivity contribution in [3.63, 3.8) is 0 Å². The van der Waals surface area contributed by atoms with E-state index in [-0.39, 0.29) is 36.5 Å². The van der Waals surface area contributed by atoms with Gasteiger partial charge in [0, 0.05) is 44.2 Å². The first kappa shape index (κ1) is 32.4. The molecule has 6 rings (SSSR count). The van der Waals surface area contributed by atoms with E-state index in [2.05, 4.69) is 15.5 Å². The van der Waals surface area contributed by atoms with Crippen LogP contribution in [0.1, 0.15) is 39.9 Å². The van der Waals surface area contributed by atoms with Crippen molar-refractivity contribution in [2.45, 2.75) is 44.5 Å². The van der Waals surface area contributed by atoms with Crippen LogP contribution >= 0.6 is 0 Å². The topological polar surface area (TPSA) is 145 Å². The van der Waals surface area contributed by atoms with Crippen molar-refractivity contribution in [3.8, 4) is 28.7 Å². The van der Waals surface area contributed by atoms with Gasteiger partial charge in [-0.2, -0.15) is 0 Å². The molecule has 2 atom stereocenters. The third-order valence-electron chi connectivity index (χ3n) is 8.13. The van der Waals surface area contributed by atoms with E-state index in [0.29, 0.717) is 67.8 Å². The Labute approximate surface area is 267 Å². The van der Waals surface area contributed by atoms with Crippen LogP contribution in [0.4, 0.5) is 0 Å². The maximum atomic E-state index is 13.3. The molecule has 0 aliphatic carbocycles. The minimum Gasteiger partial charge on any atom is -0.496 e. The number of rotatable bonds is 6. The van der Waals surface area contributed by atoms with E-state index in [4.69, 9.17) is 23.7 Å². The summed E-state index contributed by atoms with van der Waals surface area (Å²) in [6.45, 7) is 1.61. The number of fused-ring (bicyclic) bond motifs is 9. The van der Waals surface area contributed by atoms with E-state index in [1.165, 1.54) is 14.2 Å². The van der Waals surface area contributed by atoms with Gasteiger partial charge in [-0.05, 0) is 60.4 Å². The zero-order valence-corrected chi connectivity index (χ0v) is 26.2. The van der Waals surface area contributed by atoms with Gasteiger partial charge in [0.15, 0.2) is 18.1 Å². The average Bonchev–Trinajstić information content (AvgIpc) is 3.06. The van der Waals surface area contributed by atoms with E-state index < -0.39 is 12.0 Å². The molecule has 46 heavy (non-hydrogen) atoms. The van der Waals surface area contributed by atoms with Gasteiger partial charge in [0.05, 0.1) is 27.4 Å². The third kappa shape index (κ3) is 7.99. The van der Waals surface area contributed by atoms with Crippen LogP contribution < -0.4 is 34.3 Å². The predicted molar refractivity (Wildman–Crippen MR) is 168 cm³/mol. The number of aryl methyl sites for hydroxylation is 1. The fourth-order valence-corrected chi connectivity index (χ4v) is 5.74. The number of carboxylic acid groups (broad SMARTS) is 1. The predicted octanol–water partition coefficient (Wildman–Crippen LogP) is 3.19. The van der Waals surface area contributed by atoms with Crippen LogP contribution in [0.25, 0.3) is 0 Å².